The standard InChI is InChI=1S/C11H15F3N2O3S/c1-6-3-8(15)4-9(7(6)2)20(18,19)16-5-10(17)11(12,13)14/h3-4,10,16-17H,5,15H2,1-2H3. The van der Waals surface area contributed by atoms with Crippen molar-refractivity contribution in [2.24, 2.45) is 0 Å². The Balaban J connectivity index is 3.02. The van der Waals surface area contributed by atoms with E-state index in [1.165, 1.54) is 6.92 Å². The molecule has 0 aliphatic heterocycles. The van der Waals surface area contributed by atoms with Crippen LogP contribution in [-0.2, 0) is 10.0 Å². The Morgan fingerprint density at radius 2 is 1.90 bits per heavy atom. The van der Waals surface area contributed by atoms with Gasteiger partial charge in [0.25, 0.3) is 0 Å². The Morgan fingerprint density at radius 1 is 1.35 bits per heavy atom. The maximum absolute atomic E-state index is 12.1. The fourth-order valence-corrected chi connectivity index (χ4v) is 2.90. The third kappa shape index (κ3) is 3.84. The second kappa shape index (κ2) is 5.58. The van der Waals surface area contributed by atoms with E-state index in [1.807, 2.05) is 0 Å². The molecule has 0 spiro atoms. The smallest absolute Gasteiger partial charge is 0.399 e. The summed E-state index contributed by atoms with van der Waals surface area (Å²) in [5, 5.41) is 8.80. The lowest BCUT2D eigenvalue weighted by Crippen LogP contribution is -2.40. The van der Waals surface area contributed by atoms with Gasteiger partial charge in [0.05, 0.1) is 4.90 Å². The molecule has 0 radical (unpaired) electrons. The Kier molecular flexibility index (Phi) is 4.67. The van der Waals surface area contributed by atoms with Crippen LogP contribution in [0.4, 0.5) is 18.9 Å². The van der Waals surface area contributed by atoms with E-state index in [9.17, 15) is 21.6 Å². The van der Waals surface area contributed by atoms with Crippen LogP contribution in [0.1, 0.15) is 11.1 Å². The van der Waals surface area contributed by atoms with Crippen molar-refractivity contribution in [1.29, 1.82) is 0 Å². The number of hydrogen-bond acceptors (Lipinski definition) is 4. The number of halogens is 3. The highest BCUT2D eigenvalue weighted by molar-refractivity contribution is 7.89. The van der Waals surface area contributed by atoms with Crippen molar-refractivity contribution >= 4 is 15.7 Å². The quantitative estimate of drug-likeness (QED) is 0.726. The summed E-state index contributed by atoms with van der Waals surface area (Å²) in [5.41, 5.74) is 6.70. The molecule has 9 heteroatoms. The number of anilines is 1. The van der Waals surface area contributed by atoms with Crippen LogP contribution in [0.5, 0.6) is 0 Å². The van der Waals surface area contributed by atoms with Gasteiger partial charge in [-0.1, -0.05) is 0 Å². The van der Waals surface area contributed by atoms with Crippen LogP contribution in [-0.4, -0.2) is 32.3 Å². The van der Waals surface area contributed by atoms with E-state index < -0.39 is 28.8 Å². The van der Waals surface area contributed by atoms with Crippen molar-refractivity contribution in [3.63, 3.8) is 0 Å². The van der Waals surface area contributed by atoms with Crippen LogP contribution in [0.3, 0.4) is 0 Å². The molecule has 1 aromatic carbocycles. The lowest BCUT2D eigenvalue weighted by atomic mass is 10.1. The summed E-state index contributed by atoms with van der Waals surface area (Å²) in [6.45, 7) is 2.00. The number of aliphatic hydroxyl groups excluding tert-OH is 1. The number of nitrogens with two attached hydrogens (primary N) is 1. The zero-order chi connectivity index (χ0) is 15.7. The van der Waals surface area contributed by atoms with Crippen LogP contribution in [0.25, 0.3) is 0 Å². The molecule has 0 amide bonds. The number of aliphatic hydroxyl groups is 1. The van der Waals surface area contributed by atoms with Crippen molar-refractivity contribution < 1.29 is 26.7 Å². The van der Waals surface area contributed by atoms with Crippen LogP contribution >= 0.6 is 0 Å². The Labute approximate surface area is 114 Å². The van der Waals surface area contributed by atoms with Gasteiger partial charge in [0, 0.05) is 12.2 Å². The summed E-state index contributed by atoms with van der Waals surface area (Å²) in [6, 6.07) is 2.71. The van der Waals surface area contributed by atoms with Gasteiger partial charge in [-0.3, -0.25) is 0 Å². The Hall–Kier alpha value is -1.32. The molecule has 0 aliphatic carbocycles. The van der Waals surface area contributed by atoms with Crippen LogP contribution in [0.15, 0.2) is 17.0 Å². The third-order valence-corrected chi connectivity index (χ3v) is 4.33. The highest BCUT2D eigenvalue weighted by atomic mass is 32.2. The molecule has 0 bridgehead atoms. The molecule has 1 atom stereocenters. The van der Waals surface area contributed by atoms with Crippen molar-refractivity contribution in [2.45, 2.75) is 31.0 Å². The molecule has 0 aliphatic rings. The predicted octanol–water partition coefficient (Wildman–Crippen LogP) is 1.09. The largest absolute Gasteiger partial charge is 0.415 e. The highest BCUT2D eigenvalue weighted by Crippen LogP contribution is 2.23. The molecule has 1 aromatic rings. The van der Waals surface area contributed by atoms with Crippen molar-refractivity contribution in [1.82, 2.24) is 4.72 Å². The van der Waals surface area contributed by atoms with Crippen LogP contribution in [0.2, 0.25) is 0 Å². The number of hydrogen-bond donors (Lipinski definition) is 3. The maximum atomic E-state index is 12.1. The van der Waals surface area contributed by atoms with E-state index >= 15 is 0 Å². The lowest BCUT2D eigenvalue weighted by Gasteiger charge is -2.16. The number of nitrogen functional groups attached to an aromatic ring is 1. The molecule has 114 valence electrons. The fourth-order valence-electron chi connectivity index (χ4n) is 1.52. The number of benzene rings is 1. The minimum Gasteiger partial charge on any atom is -0.399 e. The van der Waals surface area contributed by atoms with Gasteiger partial charge in [0.1, 0.15) is 0 Å². The van der Waals surface area contributed by atoms with Gasteiger partial charge in [-0.15, -0.1) is 0 Å². The fraction of sp³-hybridized carbons (Fsp3) is 0.455. The molecule has 5 nitrogen and oxygen atoms in total. The average molecular weight is 312 g/mol. The van der Waals surface area contributed by atoms with Crippen LogP contribution in [0, 0.1) is 13.8 Å². The Bertz CT molecular complexity index is 600. The van der Waals surface area contributed by atoms with E-state index in [0.29, 0.717) is 11.1 Å². The van der Waals surface area contributed by atoms with Gasteiger partial charge in [-0.25, -0.2) is 13.1 Å². The van der Waals surface area contributed by atoms with Crippen molar-refractivity contribution in [3.8, 4) is 0 Å². The zero-order valence-electron chi connectivity index (χ0n) is 10.8. The van der Waals surface area contributed by atoms with E-state index in [2.05, 4.69) is 0 Å². The maximum Gasteiger partial charge on any atom is 0.415 e. The first-order valence-electron chi connectivity index (χ1n) is 5.56. The van der Waals surface area contributed by atoms with Gasteiger partial charge in [-0.2, -0.15) is 13.2 Å². The van der Waals surface area contributed by atoms with Gasteiger partial charge in [0.15, 0.2) is 6.10 Å². The van der Waals surface area contributed by atoms with Gasteiger partial charge >= 0.3 is 6.18 Å². The average Bonchev–Trinajstić information content (AvgIpc) is 2.29. The molecule has 0 saturated heterocycles. The monoisotopic (exact) mass is 312 g/mol. The van der Waals surface area contributed by atoms with E-state index in [0.717, 1.165) is 6.07 Å². The first-order valence-corrected chi connectivity index (χ1v) is 7.04. The Morgan fingerprint density at radius 3 is 2.40 bits per heavy atom. The van der Waals surface area contributed by atoms with Crippen LogP contribution < -0.4 is 10.5 Å². The summed E-state index contributed by atoms with van der Waals surface area (Å²) in [7, 11) is -4.18. The van der Waals surface area contributed by atoms with Gasteiger partial charge < -0.3 is 10.8 Å². The first-order chi connectivity index (χ1) is 8.95. The number of nitrogens with one attached hydrogen (secondary N) is 1. The SMILES string of the molecule is Cc1cc(N)cc(S(=O)(=O)NCC(O)C(F)(F)F)c1C. The highest BCUT2D eigenvalue weighted by Gasteiger charge is 2.38. The van der Waals surface area contributed by atoms with Crippen molar-refractivity contribution in [2.75, 3.05) is 12.3 Å². The van der Waals surface area contributed by atoms with Gasteiger partial charge in [0.2, 0.25) is 10.0 Å². The molecule has 1 unspecified atom stereocenters. The molecule has 1 rings (SSSR count). The second-order valence-electron chi connectivity index (χ2n) is 4.37. The minimum atomic E-state index is -4.89. The number of sulfonamides is 1. The van der Waals surface area contributed by atoms with E-state index in [1.54, 1.807) is 17.7 Å². The number of alkyl halides is 3. The summed E-state index contributed by atoms with van der Waals surface area (Å²) >= 11 is 0. The normalized spacial score (nSPS) is 14.3. The van der Waals surface area contributed by atoms with Crippen molar-refractivity contribution in [3.05, 3.63) is 23.3 Å². The van der Waals surface area contributed by atoms with E-state index in [-0.39, 0.29) is 10.6 Å². The lowest BCUT2D eigenvalue weighted by molar-refractivity contribution is -0.200. The molecule has 0 aromatic heterocycles. The predicted molar refractivity (Wildman–Crippen MR) is 67.6 cm³/mol. The number of aryl methyl sites for hydroxylation is 1. The number of rotatable bonds is 4. The molecule has 4 N–H and O–H groups in total. The summed E-state index contributed by atoms with van der Waals surface area (Å²) < 4.78 is 62.0. The molecule has 0 fully saturated rings. The molecule has 20 heavy (non-hydrogen) atoms. The topological polar surface area (TPSA) is 92.4 Å². The summed E-state index contributed by atoms with van der Waals surface area (Å²) in [5.74, 6) is 0. The third-order valence-electron chi connectivity index (χ3n) is 2.78. The van der Waals surface area contributed by atoms with E-state index in [4.69, 9.17) is 10.8 Å². The molecular formula is C11H15F3N2O3S. The zero-order valence-corrected chi connectivity index (χ0v) is 11.6. The first kappa shape index (κ1) is 16.7. The summed E-state index contributed by atoms with van der Waals surface area (Å²) in [6.07, 6.45) is -7.65. The molecular weight excluding hydrogens is 297 g/mol. The summed E-state index contributed by atoms with van der Waals surface area (Å²) in [4.78, 5) is -0.204. The molecule has 0 heterocycles. The molecule has 0 saturated carbocycles. The van der Waals surface area contributed by atoms with Gasteiger partial charge in [-0.05, 0) is 37.1 Å². The second-order valence-corrected chi connectivity index (χ2v) is 6.11. The minimum absolute atomic E-state index is 0.185.